The van der Waals surface area contributed by atoms with E-state index in [-0.39, 0.29) is 18.9 Å². The van der Waals surface area contributed by atoms with Crippen molar-refractivity contribution in [2.45, 2.75) is 197 Å². The normalized spacial score (nSPS) is 28.7. The molecule has 2 aliphatic rings. The quantitative estimate of drug-likeness (QED) is 0.0336. The van der Waals surface area contributed by atoms with E-state index < -0.39 is 86.8 Å². The van der Waals surface area contributed by atoms with Gasteiger partial charge >= 0.3 is 0 Å². The van der Waals surface area contributed by atoms with Crippen LogP contribution in [0.4, 0.5) is 0 Å². The van der Waals surface area contributed by atoms with Crippen LogP contribution in [-0.2, 0) is 23.7 Å². The molecule has 0 radical (unpaired) electrons. The monoisotopic (exact) mass is 866 g/mol. The molecule has 61 heavy (non-hydrogen) atoms. The van der Waals surface area contributed by atoms with Gasteiger partial charge in [0, 0.05) is 6.42 Å². The SMILES string of the molecule is CC/C=C\C/C=C\C/C=C\C/C=C\C/C=C\CCCCCC(=O)NC(COC1OC(CO)C(OC2OC(CO)C(O)C(O)C2O)C(O)C1O)C(O)/C=C/CCCCCCCC. The van der Waals surface area contributed by atoms with Gasteiger partial charge in [-0.2, -0.15) is 0 Å². The fourth-order valence-electron chi connectivity index (χ4n) is 6.90. The summed E-state index contributed by atoms with van der Waals surface area (Å²) in [6.07, 6.45) is 24.0. The summed E-state index contributed by atoms with van der Waals surface area (Å²) >= 11 is 0. The zero-order valence-electron chi connectivity index (χ0n) is 36.6. The van der Waals surface area contributed by atoms with Crippen LogP contribution in [0.1, 0.15) is 123 Å². The summed E-state index contributed by atoms with van der Waals surface area (Å²) in [5.41, 5.74) is 0. The van der Waals surface area contributed by atoms with E-state index in [1.54, 1.807) is 6.08 Å². The first kappa shape index (κ1) is 54.6. The number of ether oxygens (including phenoxy) is 4. The van der Waals surface area contributed by atoms with Crippen molar-refractivity contribution < 1.29 is 64.6 Å². The maximum Gasteiger partial charge on any atom is 0.220 e. The van der Waals surface area contributed by atoms with Crippen LogP contribution in [0, 0.1) is 0 Å². The van der Waals surface area contributed by atoms with Gasteiger partial charge in [-0.05, 0) is 64.2 Å². The van der Waals surface area contributed by atoms with E-state index in [0.717, 1.165) is 77.0 Å². The van der Waals surface area contributed by atoms with Crippen molar-refractivity contribution in [2.75, 3.05) is 19.8 Å². The Hall–Kier alpha value is -2.57. The van der Waals surface area contributed by atoms with Crippen LogP contribution in [0.15, 0.2) is 72.9 Å². The Kier molecular flexibility index (Phi) is 30.3. The molecule has 2 aliphatic heterocycles. The minimum Gasteiger partial charge on any atom is -0.394 e. The molecule has 0 aliphatic carbocycles. The van der Waals surface area contributed by atoms with E-state index in [1.165, 1.54) is 19.3 Å². The smallest absolute Gasteiger partial charge is 0.220 e. The molecule has 0 aromatic rings. The summed E-state index contributed by atoms with van der Waals surface area (Å²) in [5.74, 6) is -0.279. The number of unbranched alkanes of at least 4 members (excludes halogenated alkanes) is 9. The van der Waals surface area contributed by atoms with Crippen LogP contribution < -0.4 is 5.32 Å². The molecule has 2 saturated heterocycles. The zero-order valence-corrected chi connectivity index (χ0v) is 36.6. The number of hydrogen-bond donors (Lipinski definition) is 9. The molecular formula is C47H79NO13. The Morgan fingerprint density at radius 3 is 1.74 bits per heavy atom. The van der Waals surface area contributed by atoms with Crippen LogP contribution in [-0.4, -0.2) is 140 Å². The van der Waals surface area contributed by atoms with Gasteiger partial charge in [-0.15, -0.1) is 0 Å². The van der Waals surface area contributed by atoms with Crippen LogP contribution in [0.25, 0.3) is 0 Å². The second-order valence-electron chi connectivity index (χ2n) is 15.8. The standard InChI is InChI=1S/C47H79NO13/c1-3-5-7-9-11-13-14-15-16-17-18-19-20-21-22-23-25-27-29-31-39(52)48-35(36(51)30-28-26-24-12-10-8-6-4-2)34-58-46-44(57)42(55)45(38(33-50)60-46)61-47-43(56)41(54)40(53)37(32-49)59-47/h5,7,11,13,15-16,18-19,21-22,28,30,35-38,40-47,49-51,53-57H,3-4,6,8-10,12,14,17,20,23-27,29,31-34H2,1-2H3,(H,48,52)/b7-5-,13-11-,16-15-,19-18-,22-21-,30-28+. The number of rotatable bonds is 32. The lowest BCUT2D eigenvalue weighted by Gasteiger charge is -2.46. The van der Waals surface area contributed by atoms with E-state index in [1.807, 2.05) is 6.08 Å². The van der Waals surface area contributed by atoms with Gasteiger partial charge in [-0.3, -0.25) is 4.79 Å². The van der Waals surface area contributed by atoms with Crippen LogP contribution in [0.3, 0.4) is 0 Å². The Bertz CT molecular complexity index is 1300. The summed E-state index contributed by atoms with van der Waals surface area (Å²) < 4.78 is 22.5. The highest BCUT2D eigenvalue weighted by Crippen LogP contribution is 2.30. The zero-order chi connectivity index (χ0) is 44.7. The molecule has 0 bridgehead atoms. The lowest BCUT2D eigenvalue weighted by Crippen LogP contribution is -2.65. The number of aliphatic hydroxyl groups excluding tert-OH is 8. The third-order valence-corrected chi connectivity index (χ3v) is 10.6. The largest absolute Gasteiger partial charge is 0.394 e. The predicted molar refractivity (Wildman–Crippen MR) is 235 cm³/mol. The fourth-order valence-corrected chi connectivity index (χ4v) is 6.90. The highest BCUT2D eigenvalue weighted by Gasteiger charge is 2.50. The van der Waals surface area contributed by atoms with E-state index >= 15 is 0 Å². The first-order chi connectivity index (χ1) is 29.6. The van der Waals surface area contributed by atoms with Crippen molar-refractivity contribution in [3.05, 3.63) is 72.9 Å². The topological polar surface area (TPSA) is 228 Å². The minimum atomic E-state index is -1.79. The summed E-state index contributed by atoms with van der Waals surface area (Å²) in [4.78, 5) is 13.1. The van der Waals surface area contributed by atoms with E-state index in [2.05, 4.69) is 79.9 Å². The number of hydrogen-bond acceptors (Lipinski definition) is 13. The lowest BCUT2D eigenvalue weighted by atomic mass is 9.97. The highest BCUT2D eigenvalue weighted by atomic mass is 16.7. The molecule has 0 aromatic carbocycles. The van der Waals surface area contributed by atoms with Crippen molar-refractivity contribution in [1.29, 1.82) is 0 Å². The van der Waals surface area contributed by atoms with Crippen molar-refractivity contribution in [1.82, 2.24) is 5.32 Å². The molecule has 1 amide bonds. The Morgan fingerprint density at radius 1 is 0.607 bits per heavy atom. The molecule has 0 saturated carbocycles. The first-order valence-corrected chi connectivity index (χ1v) is 22.7. The molecule has 2 fully saturated rings. The third kappa shape index (κ3) is 22.1. The summed E-state index contributed by atoms with van der Waals surface area (Å²) in [7, 11) is 0. The van der Waals surface area contributed by atoms with Gasteiger partial charge in [-0.1, -0.05) is 125 Å². The summed E-state index contributed by atoms with van der Waals surface area (Å²) in [5, 5.41) is 86.2. The molecule has 2 rings (SSSR count). The number of allylic oxidation sites excluding steroid dienone is 11. The fraction of sp³-hybridized carbons (Fsp3) is 0.723. The molecule has 14 nitrogen and oxygen atoms in total. The average Bonchev–Trinajstić information content (AvgIpc) is 3.26. The van der Waals surface area contributed by atoms with E-state index in [0.29, 0.717) is 6.42 Å². The maximum atomic E-state index is 13.1. The van der Waals surface area contributed by atoms with Crippen LogP contribution in [0.2, 0.25) is 0 Å². The second-order valence-corrected chi connectivity index (χ2v) is 15.8. The number of carbonyl (C=O) groups is 1. The Morgan fingerprint density at radius 2 is 1.13 bits per heavy atom. The van der Waals surface area contributed by atoms with Crippen LogP contribution >= 0.6 is 0 Å². The van der Waals surface area contributed by atoms with Gasteiger partial charge in [0.2, 0.25) is 5.91 Å². The molecule has 2 heterocycles. The van der Waals surface area contributed by atoms with Gasteiger partial charge in [0.25, 0.3) is 0 Å². The number of aliphatic hydroxyl groups is 8. The molecule has 0 aromatic heterocycles. The van der Waals surface area contributed by atoms with Crippen molar-refractivity contribution in [3.63, 3.8) is 0 Å². The molecule has 350 valence electrons. The van der Waals surface area contributed by atoms with Crippen molar-refractivity contribution in [3.8, 4) is 0 Å². The summed E-state index contributed by atoms with van der Waals surface area (Å²) in [6.45, 7) is 2.55. The molecule has 12 unspecified atom stereocenters. The van der Waals surface area contributed by atoms with Gasteiger partial charge in [0.05, 0.1) is 32.0 Å². The van der Waals surface area contributed by atoms with Crippen molar-refractivity contribution in [2.24, 2.45) is 0 Å². The van der Waals surface area contributed by atoms with Gasteiger partial charge in [-0.25, -0.2) is 0 Å². The lowest BCUT2D eigenvalue weighted by molar-refractivity contribution is -0.359. The van der Waals surface area contributed by atoms with Gasteiger partial charge in [0.15, 0.2) is 12.6 Å². The number of amides is 1. The number of nitrogens with one attached hydrogen (secondary N) is 1. The first-order valence-electron chi connectivity index (χ1n) is 22.7. The highest BCUT2D eigenvalue weighted by molar-refractivity contribution is 5.76. The Labute approximate surface area is 364 Å². The Balaban J connectivity index is 1.87. The van der Waals surface area contributed by atoms with E-state index in [4.69, 9.17) is 18.9 Å². The van der Waals surface area contributed by atoms with Crippen molar-refractivity contribution >= 4 is 5.91 Å². The van der Waals surface area contributed by atoms with E-state index in [9.17, 15) is 45.6 Å². The average molecular weight is 866 g/mol. The molecule has 9 N–H and O–H groups in total. The van der Waals surface area contributed by atoms with Crippen LogP contribution in [0.5, 0.6) is 0 Å². The molecule has 12 atom stereocenters. The molecular weight excluding hydrogens is 787 g/mol. The predicted octanol–water partition coefficient (Wildman–Crippen LogP) is 4.48. The molecule has 14 heteroatoms. The number of carbonyl (C=O) groups excluding carboxylic acids is 1. The van der Waals surface area contributed by atoms with Gasteiger partial charge < -0.3 is 65.1 Å². The second kappa shape index (κ2) is 33.9. The maximum absolute atomic E-state index is 13.1. The molecule has 0 spiro atoms. The summed E-state index contributed by atoms with van der Waals surface area (Å²) in [6, 6.07) is -0.932. The van der Waals surface area contributed by atoms with Gasteiger partial charge in [0.1, 0.15) is 48.8 Å². The minimum absolute atomic E-state index is 0.237. The third-order valence-electron chi connectivity index (χ3n) is 10.6.